The summed E-state index contributed by atoms with van der Waals surface area (Å²) in [5.41, 5.74) is -3.31. The number of hydrogen-bond acceptors (Lipinski definition) is 3. The maximum Gasteiger partial charge on any atom is 0.446 e. The summed E-state index contributed by atoms with van der Waals surface area (Å²) in [7, 11) is -0.776. The van der Waals surface area contributed by atoms with Crippen molar-refractivity contribution >= 4 is 22.6 Å². The molecule has 108 valence electrons. The van der Waals surface area contributed by atoms with E-state index in [0.29, 0.717) is 12.3 Å². The zero-order chi connectivity index (χ0) is 14.3. The zero-order valence-corrected chi connectivity index (χ0v) is 12.1. The van der Waals surface area contributed by atoms with Crippen molar-refractivity contribution in [1.82, 2.24) is 5.32 Å². The average Bonchev–Trinajstić information content (AvgIpc) is 2.28. The molecule has 0 bridgehead atoms. The van der Waals surface area contributed by atoms with Gasteiger partial charge in [0.15, 0.2) is 0 Å². The van der Waals surface area contributed by atoms with Gasteiger partial charge in [-0.2, -0.15) is 13.2 Å². The molecule has 1 unspecified atom stereocenters. The van der Waals surface area contributed by atoms with Gasteiger partial charge in [0.05, 0.1) is 0 Å². The monoisotopic (exact) mass is 311 g/mol. The molecule has 0 aliphatic rings. The molecule has 0 spiro atoms. The highest BCUT2D eigenvalue weighted by molar-refractivity contribution is 8.00. The molecule has 1 N–H and O–H groups in total. The highest BCUT2D eigenvalue weighted by Gasteiger charge is 2.28. The van der Waals surface area contributed by atoms with E-state index in [4.69, 9.17) is 0 Å². The van der Waals surface area contributed by atoms with Crippen molar-refractivity contribution in [3.05, 3.63) is 29.8 Å². The highest BCUT2D eigenvalue weighted by Crippen LogP contribution is 2.36. The minimum absolute atomic E-state index is 0.110. The summed E-state index contributed by atoms with van der Waals surface area (Å²) in [6.45, 7) is 1.35. The quantitative estimate of drug-likeness (QED) is 0.619. The summed E-state index contributed by atoms with van der Waals surface area (Å²) in [6, 6.07) is 6.30. The molecule has 2 nitrogen and oxygen atoms in total. The molecule has 0 aliphatic carbocycles. The average molecular weight is 311 g/mol. The number of benzene rings is 1. The maximum atomic E-state index is 12.1. The van der Waals surface area contributed by atoms with Gasteiger partial charge in [0.25, 0.3) is 0 Å². The Morgan fingerprint density at radius 2 is 1.89 bits per heavy atom. The first-order valence-electron chi connectivity index (χ1n) is 5.72. The van der Waals surface area contributed by atoms with E-state index in [2.05, 4.69) is 5.32 Å². The van der Waals surface area contributed by atoms with Crippen LogP contribution in [-0.4, -0.2) is 28.3 Å². The Morgan fingerprint density at radius 3 is 2.42 bits per heavy atom. The third-order valence-electron chi connectivity index (χ3n) is 2.27. The van der Waals surface area contributed by atoms with Crippen LogP contribution >= 0.6 is 11.8 Å². The molecule has 1 aromatic rings. The van der Waals surface area contributed by atoms with Crippen molar-refractivity contribution in [2.24, 2.45) is 0 Å². The van der Waals surface area contributed by atoms with E-state index in [-0.39, 0.29) is 16.7 Å². The van der Waals surface area contributed by atoms with Crippen LogP contribution in [0.4, 0.5) is 13.2 Å². The highest BCUT2D eigenvalue weighted by atomic mass is 32.2. The molecule has 1 rings (SSSR count). The molecule has 19 heavy (non-hydrogen) atoms. The Bertz CT molecular complexity index is 406. The van der Waals surface area contributed by atoms with Crippen molar-refractivity contribution in [3.63, 3.8) is 0 Å². The Labute approximate surface area is 117 Å². The van der Waals surface area contributed by atoms with E-state index in [1.807, 2.05) is 0 Å². The molecule has 0 fully saturated rings. The third-order valence-corrected chi connectivity index (χ3v) is 3.87. The normalized spacial score (nSPS) is 13.5. The largest absolute Gasteiger partial charge is 0.446 e. The maximum absolute atomic E-state index is 12.1. The van der Waals surface area contributed by atoms with Crippen LogP contribution in [0.15, 0.2) is 29.2 Å². The van der Waals surface area contributed by atoms with Crippen molar-refractivity contribution in [2.45, 2.75) is 23.4 Å². The van der Waals surface area contributed by atoms with Gasteiger partial charge in [-0.3, -0.25) is 4.21 Å². The third kappa shape index (κ3) is 8.28. The van der Waals surface area contributed by atoms with Crippen molar-refractivity contribution in [3.8, 4) is 0 Å². The second kappa shape index (κ2) is 7.91. The standard InChI is InChI=1S/C12H16F3NOS2/c1-19(17)8-2-7-16-9-10-3-5-11(6-4-10)18-12(13,14)15/h3-6,16H,2,7-9H2,1H3. The molecule has 0 aliphatic heterocycles. The fraction of sp³-hybridized carbons (Fsp3) is 0.500. The molecule has 0 radical (unpaired) electrons. The lowest BCUT2D eigenvalue weighted by Crippen LogP contribution is -2.16. The van der Waals surface area contributed by atoms with Gasteiger partial charge in [-0.1, -0.05) is 12.1 Å². The van der Waals surface area contributed by atoms with Gasteiger partial charge in [0.1, 0.15) is 0 Å². The van der Waals surface area contributed by atoms with Crippen LogP contribution in [0.25, 0.3) is 0 Å². The fourth-order valence-electron chi connectivity index (χ4n) is 1.44. The van der Waals surface area contributed by atoms with Gasteiger partial charge in [0, 0.05) is 34.2 Å². The lowest BCUT2D eigenvalue weighted by atomic mass is 10.2. The van der Waals surface area contributed by atoms with Crippen LogP contribution in [0.1, 0.15) is 12.0 Å². The Hall–Kier alpha value is -0.530. The molecule has 1 atom stereocenters. The predicted octanol–water partition coefficient (Wildman–Crippen LogP) is 3.16. The van der Waals surface area contributed by atoms with Gasteiger partial charge in [-0.05, 0) is 42.4 Å². The molecule has 0 saturated heterocycles. The lowest BCUT2D eigenvalue weighted by molar-refractivity contribution is -0.0328. The number of nitrogens with one attached hydrogen (secondary N) is 1. The minimum atomic E-state index is -4.24. The number of halogens is 3. The SMILES string of the molecule is CS(=O)CCCNCc1ccc(SC(F)(F)F)cc1. The predicted molar refractivity (Wildman–Crippen MR) is 73.6 cm³/mol. The molecule has 7 heteroatoms. The van der Waals surface area contributed by atoms with Crippen molar-refractivity contribution in [2.75, 3.05) is 18.6 Å². The van der Waals surface area contributed by atoms with Gasteiger partial charge in [0.2, 0.25) is 0 Å². The summed E-state index contributed by atoms with van der Waals surface area (Å²) < 4.78 is 47.2. The smallest absolute Gasteiger partial charge is 0.313 e. The van der Waals surface area contributed by atoms with Crippen LogP contribution < -0.4 is 5.32 Å². The molecule has 0 aromatic heterocycles. The summed E-state index contributed by atoms with van der Waals surface area (Å²) in [6.07, 6.45) is 2.49. The summed E-state index contributed by atoms with van der Waals surface area (Å²) >= 11 is -0.110. The number of thioether (sulfide) groups is 1. The molecule has 0 amide bonds. The first-order chi connectivity index (χ1) is 8.87. The summed E-state index contributed by atoms with van der Waals surface area (Å²) in [5.74, 6) is 0.661. The molecule has 0 heterocycles. The number of hydrogen-bond donors (Lipinski definition) is 1. The van der Waals surface area contributed by atoms with Crippen LogP contribution in [0.3, 0.4) is 0 Å². The van der Waals surface area contributed by atoms with E-state index in [1.54, 1.807) is 18.4 Å². The first kappa shape index (κ1) is 16.5. The molecule has 0 saturated carbocycles. The van der Waals surface area contributed by atoms with E-state index >= 15 is 0 Å². The van der Waals surface area contributed by atoms with Gasteiger partial charge in [-0.25, -0.2) is 0 Å². The second-order valence-electron chi connectivity index (χ2n) is 4.00. The number of alkyl halides is 3. The topological polar surface area (TPSA) is 29.1 Å². The first-order valence-corrected chi connectivity index (χ1v) is 8.26. The minimum Gasteiger partial charge on any atom is -0.313 e. The van der Waals surface area contributed by atoms with Gasteiger partial charge >= 0.3 is 5.51 Å². The van der Waals surface area contributed by atoms with Crippen molar-refractivity contribution in [1.29, 1.82) is 0 Å². The van der Waals surface area contributed by atoms with Crippen LogP contribution in [0.5, 0.6) is 0 Å². The summed E-state index contributed by atoms with van der Waals surface area (Å²) in [4.78, 5) is 0.192. The Morgan fingerprint density at radius 1 is 1.26 bits per heavy atom. The van der Waals surface area contributed by atoms with Gasteiger partial charge in [-0.15, -0.1) is 0 Å². The second-order valence-corrected chi connectivity index (χ2v) is 6.69. The van der Waals surface area contributed by atoms with E-state index in [1.165, 1.54) is 12.1 Å². The van der Waals surface area contributed by atoms with E-state index < -0.39 is 16.3 Å². The van der Waals surface area contributed by atoms with E-state index in [9.17, 15) is 17.4 Å². The summed E-state index contributed by atoms with van der Waals surface area (Å²) in [5, 5.41) is 3.16. The van der Waals surface area contributed by atoms with Crippen LogP contribution in [0, 0.1) is 0 Å². The number of rotatable bonds is 7. The van der Waals surface area contributed by atoms with Gasteiger partial charge < -0.3 is 5.32 Å². The Balaban J connectivity index is 2.30. The van der Waals surface area contributed by atoms with Crippen LogP contribution in [-0.2, 0) is 17.3 Å². The molecular weight excluding hydrogens is 295 g/mol. The Kier molecular flexibility index (Phi) is 6.88. The lowest BCUT2D eigenvalue weighted by Gasteiger charge is -2.07. The van der Waals surface area contributed by atoms with E-state index in [0.717, 1.165) is 18.5 Å². The zero-order valence-electron chi connectivity index (χ0n) is 10.5. The van der Waals surface area contributed by atoms with Crippen LogP contribution in [0.2, 0.25) is 0 Å². The molecule has 1 aromatic carbocycles. The molecular formula is C12H16F3NOS2. The fourth-order valence-corrected chi connectivity index (χ4v) is 2.53. The van der Waals surface area contributed by atoms with Crippen molar-refractivity contribution < 1.29 is 17.4 Å².